The van der Waals surface area contributed by atoms with Crippen LogP contribution in [0.25, 0.3) is 0 Å². The lowest BCUT2D eigenvalue weighted by atomic mass is 10.4. The predicted octanol–water partition coefficient (Wildman–Crippen LogP) is -2.67. The molecule has 0 radical (unpaired) electrons. The monoisotopic (exact) mass is 129 g/mol. The second kappa shape index (κ2) is 4.27. The van der Waals surface area contributed by atoms with Gasteiger partial charge in [0.05, 0.1) is 18.9 Å². The van der Waals surface area contributed by atoms with Crippen molar-refractivity contribution in [3.63, 3.8) is 0 Å². The SMILES string of the molecule is CCC[NH+]1C=CC=C1.[F-]. The molecule has 0 saturated heterocycles. The summed E-state index contributed by atoms with van der Waals surface area (Å²) in [4.78, 5) is 1.47. The van der Waals surface area contributed by atoms with Gasteiger partial charge in [-0.05, 0) is 18.6 Å². The summed E-state index contributed by atoms with van der Waals surface area (Å²) in [7, 11) is 0. The van der Waals surface area contributed by atoms with Crippen molar-refractivity contribution in [3.8, 4) is 0 Å². The first-order valence-corrected chi connectivity index (χ1v) is 3.14. The van der Waals surface area contributed by atoms with Crippen molar-refractivity contribution in [1.82, 2.24) is 0 Å². The molecule has 0 fully saturated rings. The Labute approximate surface area is 55.0 Å². The minimum atomic E-state index is 0. The van der Waals surface area contributed by atoms with E-state index in [9.17, 15) is 0 Å². The minimum Gasteiger partial charge on any atom is -1.00 e. The molecular weight excluding hydrogens is 117 g/mol. The van der Waals surface area contributed by atoms with Crippen LogP contribution in [0, 0.1) is 0 Å². The first kappa shape index (κ1) is 8.37. The first-order valence-electron chi connectivity index (χ1n) is 3.14. The maximum Gasteiger partial charge on any atom is 0.0990 e. The van der Waals surface area contributed by atoms with Crippen LogP contribution >= 0.6 is 0 Å². The Morgan fingerprint density at radius 3 is 2.22 bits per heavy atom. The second-order valence-corrected chi connectivity index (χ2v) is 2.04. The van der Waals surface area contributed by atoms with Crippen molar-refractivity contribution in [3.05, 3.63) is 24.6 Å². The van der Waals surface area contributed by atoms with Gasteiger partial charge in [-0.3, -0.25) is 4.90 Å². The lowest BCUT2D eigenvalue weighted by molar-refractivity contribution is -0.787. The van der Waals surface area contributed by atoms with E-state index in [0.29, 0.717) is 0 Å². The Morgan fingerprint density at radius 1 is 1.22 bits per heavy atom. The van der Waals surface area contributed by atoms with Gasteiger partial charge in [-0.25, -0.2) is 0 Å². The van der Waals surface area contributed by atoms with E-state index < -0.39 is 0 Å². The minimum absolute atomic E-state index is 0. The van der Waals surface area contributed by atoms with Crippen molar-refractivity contribution in [2.75, 3.05) is 6.54 Å². The van der Waals surface area contributed by atoms with Gasteiger partial charge in [0.25, 0.3) is 0 Å². The molecule has 0 saturated carbocycles. The fourth-order valence-corrected chi connectivity index (χ4v) is 0.869. The highest BCUT2D eigenvalue weighted by Crippen LogP contribution is 1.76. The van der Waals surface area contributed by atoms with Crippen LogP contribution in [-0.2, 0) is 0 Å². The Hall–Kier alpha value is -0.630. The van der Waals surface area contributed by atoms with Gasteiger partial charge < -0.3 is 4.70 Å². The second-order valence-electron chi connectivity index (χ2n) is 2.04. The van der Waals surface area contributed by atoms with Gasteiger partial charge in [0.15, 0.2) is 0 Å². The number of nitrogens with one attached hydrogen (secondary N) is 1. The van der Waals surface area contributed by atoms with Crippen molar-refractivity contribution in [2.24, 2.45) is 0 Å². The summed E-state index contributed by atoms with van der Waals surface area (Å²) in [6.07, 6.45) is 9.77. The van der Waals surface area contributed by atoms with Crippen molar-refractivity contribution in [2.45, 2.75) is 13.3 Å². The fraction of sp³-hybridized carbons (Fsp3) is 0.429. The largest absolute Gasteiger partial charge is 1.00 e. The third-order valence-electron chi connectivity index (χ3n) is 1.27. The van der Waals surface area contributed by atoms with Gasteiger partial charge in [-0.2, -0.15) is 0 Å². The highest BCUT2D eigenvalue weighted by Gasteiger charge is 1.99. The molecule has 52 valence electrons. The maximum absolute atomic E-state index is 2.20. The Bertz CT molecular complexity index is 106. The zero-order valence-electron chi connectivity index (χ0n) is 5.60. The zero-order chi connectivity index (χ0) is 5.82. The smallest absolute Gasteiger partial charge is 0.0990 e. The molecule has 0 spiro atoms. The summed E-state index contributed by atoms with van der Waals surface area (Å²) in [6.45, 7) is 3.43. The molecule has 0 unspecified atom stereocenters. The topological polar surface area (TPSA) is 4.44 Å². The summed E-state index contributed by atoms with van der Waals surface area (Å²) in [5.41, 5.74) is 0. The van der Waals surface area contributed by atoms with E-state index in [0.717, 1.165) is 0 Å². The van der Waals surface area contributed by atoms with Crippen LogP contribution in [-0.4, -0.2) is 6.54 Å². The predicted molar refractivity (Wildman–Crippen MR) is 34.4 cm³/mol. The van der Waals surface area contributed by atoms with E-state index >= 15 is 0 Å². The van der Waals surface area contributed by atoms with E-state index in [2.05, 4.69) is 31.5 Å². The molecule has 0 amide bonds. The number of allylic oxidation sites excluding steroid dienone is 2. The van der Waals surface area contributed by atoms with Crippen LogP contribution in [0.4, 0.5) is 0 Å². The standard InChI is InChI=1S/C7H11N.FH/c1-2-5-8-6-3-4-7-8;/h3-4,6-7H,2,5H2,1H3;1H. The summed E-state index contributed by atoms with van der Waals surface area (Å²) in [6, 6.07) is 0. The van der Waals surface area contributed by atoms with E-state index in [4.69, 9.17) is 0 Å². The molecule has 0 aromatic heterocycles. The summed E-state index contributed by atoms with van der Waals surface area (Å²) >= 11 is 0. The molecule has 1 N–H and O–H groups in total. The summed E-state index contributed by atoms with van der Waals surface area (Å²) in [5.74, 6) is 0. The molecular formula is C7H12FN. The first-order chi connectivity index (χ1) is 3.93. The summed E-state index contributed by atoms with van der Waals surface area (Å²) < 4.78 is 0. The van der Waals surface area contributed by atoms with Gasteiger partial charge >= 0.3 is 0 Å². The average molecular weight is 129 g/mol. The van der Waals surface area contributed by atoms with Gasteiger partial charge in [-0.15, -0.1) is 0 Å². The molecule has 2 heteroatoms. The van der Waals surface area contributed by atoms with E-state index in [1.165, 1.54) is 17.9 Å². The Kier molecular flexibility index (Phi) is 3.97. The van der Waals surface area contributed by atoms with Crippen LogP contribution in [0.1, 0.15) is 13.3 Å². The molecule has 0 aromatic carbocycles. The van der Waals surface area contributed by atoms with Gasteiger partial charge in [0.2, 0.25) is 0 Å². The van der Waals surface area contributed by atoms with Crippen LogP contribution in [0.3, 0.4) is 0 Å². The number of rotatable bonds is 2. The van der Waals surface area contributed by atoms with Crippen LogP contribution < -0.4 is 9.60 Å². The quantitative estimate of drug-likeness (QED) is 0.415. The molecule has 0 aromatic rings. The highest BCUT2D eigenvalue weighted by atomic mass is 19.0. The molecule has 1 heterocycles. The molecule has 1 rings (SSSR count). The third kappa shape index (κ3) is 2.42. The molecule has 0 aliphatic carbocycles. The fourth-order valence-electron chi connectivity index (χ4n) is 0.869. The highest BCUT2D eigenvalue weighted by molar-refractivity contribution is 5.00. The average Bonchev–Trinajstić information content (AvgIpc) is 2.19. The van der Waals surface area contributed by atoms with Crippen LogP contribution in [0.2, 0.25) is 0 Å². The van der Waals surface area contributed by atoms with Gasteiger partial charge in [0.1, 0.15) is 0 Å². The molecule has 1 aliphatic rings. The normalized spacial score (nSPS) is 16.1. The maximum atomic E-state index is 2.20. The number of quaternary nitrogens is 1. The Balaban J connectivity index is 0.000000640. The van der Waals surface area contributed by atoms with E-state index in [1.807, 2.05) is 0 Å². The molecule has 1 aliphatic heterocycles. The van der Waals surface area contributed by atoms with Crippen molar-refractivity contribution in [1.29, 1.82) is 0 Å². The van der Waals surface area contributed by atoms with Crippen molar-refractivity contribution >= 4 is 0 Å². The number of halogens is 1. The summed E-state index contributed by atoms with van der Waals surface area (Å²) in [5, 5.41) is 0. The zero-order valence-corrected chi connectivity index (χ0v) is 5.60. The van der Waals surface area contributed by atoms with Crippen LogP contribution in [0.5, 0.6) is 0 Å². The molecule has 1 nitrogen and oxygen atoms in total. The molecule has 9 heavy (non-hydrogen) atoms. The third-order valence-corrected chi connectivity index (χ3v) is 1.27. The number of hydrogen-bond donors (Lipinski definition) is 1. The van der Waals surface area contributed by atoms with E-state index in [-0.39, 0.29) is 4.70 Å². The number of hydrogen-bond acceptors (Lipinski definition) is 0. The van der Waals surface area contributed by atoms with E-state index in [1.54, 1.807) is 0 Å². The van der Waals surface area contributed by atoms with Gasteiger partial charge in [0, 0.05) is 0 Å². The Morgan fingerprint density at radius 2 is 1.78 bits per heavy atom. The molecule has 0 atom stereocenters. The van der Waals surface area contributed by atoms with Gasteiger partial charge in [-0.1, -0.05) is 6.92 Å². The van der Waals surface area contributed by atoms with Crippen LogP contribution in [0.15, 0.2) is 24.6 Å². The molecule has 0 bridgehead atoms. The van der Waals surface area contributed by atoms with Crippen molar-refractivity contribution < 1.29 is 9.60 Å². The lowest BCUT2D eigenvalue weighted by Gasteiger charge is -2.01. The lowest BCUT2D eigenvalue weighted by Crippen LogP contribution is -3.01.